The third kappa shape index (κ3) is 10.7. The average molecular weight is 772 g/mol. The zero-order valence-corrected chi connectivity index (χ0v) is 29.1. The minimum Gasteiger partial charge on any atom is -0.445 e. The molecule has 0 aromatic heterocycles. The standard InChI is InChI=1S/C35H49NO18/c37-13-20-23(39)25(41)27(43)32(51-20)49-17-22-30(48-15-18-7-3-1-4-8-18)31(54-34-28(44)26(42)24(40)21(14-38)52-34)29(45)33(53-22)47-12-11-36-35(46)50-16-19-9-5-2-6-10-19/h1-10,20-34,37-45H,11-17H2,(H,36,46)/t20-,21-,22-,23-,24-,25+,26+,27+,28+,29-,30-,31-,32+,33-,34-/m1/s1. The van der Waals surface area contributed by atoms with Gasteiger partial charge in [0, 0.05) is 6.54 Å². The van der Waals surface area contributed by atoms with E-state index in [4.69, 9.17) is 37.9 Å². The van der Waals surface area contributed by atoms with Gasteiger partial charge in [-0.1, -0.05) is 60.7 Å². The van der Waals surface area contributed by atoms with Gasteiger partial charge in [-0.25, -0.2) is 4.79 Å². The second-order valence-corrected chi connectivity index (χ2v) is 13.0. The van der Waals surface area contributed by atoms with Gasteiger partial charge in [0.05, 0.1) is 33.0 Å². The maximum absolute atomic E-state index is 12.3. The molecule has 3 fully saturated rings. The maximum atomic E-state index is 12.3. The van der Waals surface area contributed by atoms with Crippen molar-refractivity contribution in [1.29, 1.82) is 0 Å². The molecule has 15 atom stereocenters. The predicted octanol–water partition coefficient (Wildman–Crippen LogP) is -3.40. The Labute approximate surface area is 310 Å². The Kier molecular flexibility index (Phi) is 15.9. The molecule has 0 spiro atoms. The van der Waals surface area contributed by atoms with Gasteiger partial charge in [0.2, 0.25) is 0 Å². The topological polar surface area (TPSA) is 285 Å². The fourth-order valence-electron chi connectivity index (χ4n) is 6.12. The van der Waals surface area contributed by atoms with Gasteiger partial charge in [-0.15, -0.1) is 0 Å². The van der Waals surface area contributed by atoms with Crippen molar-refractivity contribution in [3.05, 3.63) is 71.8 Å². The Morgan fingerprint density at radius 3 is 1.69 bits per heavy atom. The van der Waals surface area contributed by atoms with Gasteiger partial charge >= 0.3 is 6.09 Å². The molecule has 2 aromatic carbocycles. The van der Waals surface area contributed by atoms with Crippen molar-refractivity contribution >= 4 is 6.09 Å². The molecule has 0 unspecified atom stereocenters. The molecule has 0 bridgehead atoms. The zero-order chi connectivity index (χ0) is 38.8. The molecule has 0 radical (unpaired) electrons. The van der Waals surface area contributed by atoms with Crippen LogP contribution in [-0.4, -0.2) is 177 Å². The lowest BCUT2D eigenvalue weighted by molar-refractivity contribution is -0.370. The first-order valence-electron chi connectivity index (χ1n) is 17.5. The van der Waals surface area contributed by atoms with Gasteiger partial charge in [-0.05, 0) is 11.1 Å². The Hall–Kier alpha value is -2.93. The first-order valence-corrected chi connectivity index (χ1v) is 17.5. The van der Waals surface area contributed by atoms with E-state index in [1.165, 1.54) is 0 Å². The number of amides is 1. The molecule has 19 nitrogen and oxygen atoms in total. The van der Waals surface area contributed by atoms with Crippen molar-refractivity contribution in [2.24, 2.45) is 0 Å². The Morgan fingerprint density at radius 1 is 0.574 bits per heavy atom. The van der Waals surface area contributed by atoms with E-state index in [0.29, 0.717) is 5.56 Å². The second kappa shape index (κ2) is 20.3. The second-order valence-electron chi connectivity index (χ2n) is 13.0. The molecule has 19 heteroatoms. The zero-order valence-electron chi connectivity index (χ0n) is 29.1. The molecule has 302 valence electrons. The number of hydrogen-bond donors (Lipinski definition) is 10. The van der Waals surface area contributed by atoms with Gasteiger partial charge in [-0.2, -0.15) is 0 Å². The van der Waals surface area contributed by atoms with E-state index < -0.39 is 118 Å². The molecular weight excluding hydrogens is 722 g/mol. The number of rotatable bonds is 16. The highest BCUT2D eigenvalue weighted by Gasteiger charge is 2.53. The molecule has 0 aliphatic carbocycles. The largest absolute Gasteiger partial charge is 0.445 e. The highest BCUT2D eigenvalue weighted by Crippen LogP contribution is 2.33. The van der Waals surface area contributed by atoms with E-state index in [2.05, 4.69) is 5.32 Å². The monoisotopic (exact) mass is 771 g/mol. The fourth-order valence-corrected chi connectivity index (χ4v) is 6.12. The van der Waals surface area contributed by atoms with Crippen LogP contribution >= 0.6 is 0 Å². The van der Waals surface area contributed by atoms with Crippen LogP contribution in [0.25, 0.3) is 0 Å². The summed E-state index contributed by atoms with van der Waals surface area (Å²) in [7, 11) is 0. The molecule has 3 heterocycles. The van der Waals surface area contributed by atoms with Gasteiger partial charge in [0.1, 0.15) is 79.9 Å². The number of aliphatic hydroxyl groups is 9. The van der Waals surface area contributed by atoms with Crippen LogP contribution < -0.4 is 5.32 Å². The van der Waals surface area contributed by atoms with Crippen LogP contribution in [0, 0.1) is 0 Å². The van der Waals surface area contributed by atoms with Gasteiger partial charge < -0.3 is 89.2 Å². The fraction of sp³-hybridized carbons (Fsp3) is 0.629. The maximum Gasteiger partial charge on any atom is 0.407 e. The lowest BCUT2D eigenvalue weighted by Gasteiger charge is -2.47. The smallest absolute Gasteiger partial charge is 0.407 e. The summed E-state index contributed by atoms with van der Waals surface area (Å²) in [6.07, 6.45) is -24.5. The number of carbonyl (C=O) groups excluding carboxylic acids is 1. The third-order valence-electron chi connectivity index (χ3n) is 9.18. The number of aliphatic hydroxyl groups excluding tert-OH is 9. The minimum absolute atomic E-state index is 0.0233. The number of nitrogens with one attached hydrogen (secondary N) is 1. The van der Waals surface area contributed by atoms with Crippen molar-refractivity contribution in [1.82, 2.24) is 5.32 Å². The molecular formula is C35H49NO18. The summed E-state index contributed by atoms with van der Waals surface area (Å²) in [4.78, 5) is 12.3. The predicted molar refractivity (Wildman–Crippen MR) is 179 cm³/mol. The molecule has 3 aliphatic rings. The summed E-state index contributed by atoms with van der Waals surface area (Å²) in [6.45, 7) is -2.35. The van der Waals surface area contributed by atoms with Crippen LogP contribution in [0.2, 0.25) is 0 Å². The Balaban J connectivity index is 1.33. The lowest BCUT2D eigenvalue weighted by Crippen LogP contribution is -2.65. The molecule has 3 saturated heterocycles. The molecule has 10 N–H and O–H groups in total. The van der Waals surface area contributed by atoms with E-state index >= 15 is 0 Å². The summed E-state index contributed by atoms with van der Waals surface area (Å²) in [5.74, 6) is 0. The Bertz CT molecular complexity index is 1390. The number of ether oxygens (including phenoxy) is 8. The van der Waals surface area contributed by atoms with Gasteiger partial charge in [0.15, 0.2) is 18.9 Å². The average Bonchev–Trinajstić information content (AvgIpc) is 3.19. The lowest BCUT2D eigenvalue weighted by atomic mass is 9.96. The third-order valence-corrected chi connectivity index (χ3v) is 9.18. The van der Waals surface area contributed by atoms with Crippen LogP contribution in [-0.2, 0) is 51.1 Å². The molecule has 3 aliphatic heterocycles. The summed E-state index contributed by atoms with van der Waals surface area (Å²) in [6, 6.07) is 17.8. The minimum atomic E-state index is -1.86. The van der Waals surface area contributed by atoms with E-state index in [0.717, 1.165) is 5.56 Å². The van der Waals surface area contributed by atoms with Crippen LogP contribution in [0.1, 0.15) is 11.1 Å². The number of benzene rings is 2. The van der Waals surface area contributed by atoms with E-state index in [-0.39, 0.29) is 26.4 Å². The van der Waals surface area contributed by atoms with Crippen LogP contribution in [0.15, 0.2) is 60.7 Å². The van der Waals surface area contributed by atoms with Crippen LogP contribution in [0.3, 0.4) is 0 Å². The molecule has 5 rings (SSSR count). The van der Waals surface area contributed by atoms with Crippen molar-refractivity contribution in [3.63, 3.8) is 0 Å². The van der Waals surface area contributed by atoms with Crippen molar-refractivity contribution in [2.75, 3.05) is 33.0 Å². The summed E-state index contributed by atoms with van der Waals surface area (Å²) in [5, 5.41) is 96.1. The highest BCUT2D eigenvalue weighted by atomic mass is 16.8. The van der Waals surface area contributed by atoms with Crippen LogP contribution in [0.5, 0.6) is 0 Å². The first kappa shape index (κ1) is 42.2. The van der Waals surface area contributed by atoms with Crippen molar-refractivity contribution in [3.8, 4) is 0 Å². The molecule has 54 heavy (non-hydrogen) atoms. The SMILES string of the molecule is O=C(NCCO[C@@H]1O[C@H](CO[C@H]2O[C@H](CO)[C@@H](O)[C@H](O)[C@@H]2O)[C@@H](OCc2ccccc2)[C@H](O[C@H]2O[C@H](CO)[C@@H](O)[C@H](O)[C@@H]2O)[C@H]1O)OCc1ccccc1. The van der Waals surface area contributed by atoms with E-state index in [1.54, 1.807) is 54.6 Å². The summed E-state index contributed by atoms with van der Waals surface area (Å²) >= 11 is 0. The number of hydrogen-bond acceptors (Lipinski definition) is 18. The summed E-state index contributed by atoms with van der Waals surface area (Å²) in [5.41, 5.74) is 1.46. The van der Waals surface area contributed by atoms with Crippen molar-refractivity contribution < 1.29 is 88.6 Å². The normalized spacial score (nSPS) is 37.1. The number of carbonyl (C=O) groups is 1. The van der Waals surface area contributed by atoms with Gasteiger partial charge in [0.25, 0.3) is 0 Å². The van der Waals surface area contributed by atoms with E-state index in [9.17, 15) is 50.8 Å². The van der Waals surface area contributed by atoms with Crippen LogP contribution in [0.4, 0.5) is 4.79 Å². The quantitative estimate of drug-likeness (QED) is 0.0745. The highest BCUT2D eigenvalue weighted by molar-refractivity contribution is 5.67. The molecule has 1 amide bonds. The van der Waals surface area contributed by atoms with Crippen molar-refractivity contribution in [2.45, 2.75) is 105 Å². The van der Waals surface area contributed by atoms with E-state index in [1.807, 2.05) is 6.07 Å². The Morgan fingerprint density at radius 2 is 1.09 bits per heavy atom. The summed E-state index contributed by atoms with van der Waals surface area (Å²) < 4.78 is 46.2. The number of alkyl carbamates (subject to hydrolysis) is 1. The van der Waals surface area contributed by atoms with Gasteiger partial charge in [-0.3, -0.25) is 0 Å². The molecule has 2 aromatic rings. The molecule has 0 saturated carbocycles. The first-order chi connectivity index (χ1) is 26.0.